The van der Waals surface area contributed by atoms with Crippen LogP contribution in [-0.2, 0) is 13.5 Å². The third kappa shape index (κ3) is 1.42. The van der Waals surface area contributed by atoms with Crippen LogP contribution in [0.4, 0.5) is 0 Å². The van der Waals surface area contributed by atoms with E-state index in [1.165, 1.54) is 0 Å². The summed E-state index contributed by atoms with van der Waals surface area (Å²) < 4.78 is 3.77. The lowest BCUT2D eigenvalue weighted by Crippen LogP contribution is -2.03. The van der Waals surface area contributed by atoms with Gasteiger partial charge in [-0.2, -0.15) is 5.10 Å². The van der Waals surface area contributed by atoms with Crippen molar-refractivity contribution in [1.82, 2.24) is 29.3 Å². The molecule has 0 spiro atoms. The predicted molar refractivity (Wildman–Crippen MR) is 67.5 cm³/mol. The smallest absolute Gasteiger partial charge is 0.163 e. The van der Waals surface area contributed by atoms with Gasteiger partial charge in [0.2, 0.25) is 0 Å². The monoisotopic (exact) mass is 242 g/mol. The van der Waals surface area contributed by atoms with Crippen LogP contribution in [0.2, 0.25) is 0 Å². The van der Waals surface area contributed by atoms with Crippen molar-refractivity contribution in [3.05, 3.63) is 30.2 Å². The van der Waals surface area contributed by atoms with Crippen molar-refractivity contribution >= 4 is 11.0 Å². The van der Waals surface area contributed by atoms with E-state index < -0.39 is 0 Å². The third-order valence-corrected chi connectivity index (χ3v) is 3.04. The maximum Gasteiger partial charge on any atom is 0.163 e. The number of hydrogen-bond acceptors (Lipinski definition) is 4. The second-order valence-corrected chi connectivity index (χ2v) is 4.17. The summed E-state index contributed by atoms with van der Waals surface area (Å²) >= 11 is 0. The van der Waals surface area contributed by atoms with Crippen molar-refractivity contribution in [3.8, 4) is 5.82 Å². The molecule has 0 amide bonds. The molecule has 18 heavy (non-hydrogen) atoms. The Balaban J connectivity index is 2.36. The van der Waals surface area contributed by atoms with E-state index >= 15 is 0 Å². The first-order valence-electron chi connectivity index (χ1n) is 5.89. The highest BCUT2D eigenvalue weighted by Crippen LogP contribution is 2.22. The van der Waals surface area contributed by atoms with Gasteiger partial charge in [-0.15, -0.1) is 0 Å². The van der Waals surface area contributed by atoms with Crippen molar-refractivity contribution in [2.75, 3.05) is 0 Å². The van der Waals surface area contributed by atoms with Crippen LogP contribution in [0.15, 0.2) is 18.7 Å². The van der Waals surface area contributed by atoms with E-state index in [4.69, 9.17) is 0 Å². The van der Waals surface area contributed by atoms with Gasteiger partial charge < -0.3 is 0 Å². The fourth-order valence-electron chi connectivity index (χ4n) is 2.23. The molecular weight excluding hydrogens is 228 g/mol. The lowest BCUT2D eigenvalue weighted by molar-refractivity contribution is 0.772. The summed E-state index contributed by atoms with van der Waals surface area (Å²) in [7, 11) is 1.89. The predicted octanol–water partition coefficient (Wildman–Crippen LogP) is 1.42. The van der Waals surface area contributed by atoms with Gasteiger partial charge in [0.05, 0.1) is 11.1 Å². The zero-order valence-corrected chi connectivity index (χ0v) is 10.6. The molecule has 92 valence electrons. The van der Waals surface area contributed by atoms with Crippen LogP contribution in [-0.4, -0.2) is 29.3 Å². The summed E-state index contributed by atoms with van der Waals surface area (Å²) in [5.41, 5.74) is 1.77. The Morgan fingerprint density at radius 2 is 2.06 bits per heavy atom. The van der Waals surface area contributed by atoms with Crippen LogP contribution in [0.1, 0.15) is 18.4 Å². The lowest BCUT2D eigenvalue weighted by Gasteiger charge is -2.06. The second kappa shape index (κ2) is 3.90. The van der Waals surface area contributed by atoms with E-state index in [9.17, 15) is 0 Å². The normalized spacial score (nSPS) is 11.3. The minimum Gasteiger partial charge on any atom is -0.287 e. The van der Waals surface area contributed by atoms with E-state index in [0.717, 1.165) is 34.8 Å². The molecule has 0 unspecified atom stereocenters. The van der Waals surface area contributed by atoms with Gasteiger partial charge in [-0.25, -0.2) is 15.0 Å². The molecule has 0 aliphatic heterocycles. The van der Waals surface area contributed by atoms with Crippen molar-refractivity contribution in [2.45, 2.75) is 20.3 Å². The van der Waals surface area contributed by atoms with Crippen LogP contribution in [0.5, 0.6) is 0 Å². The number of imidazole rings is 1. The highest BCUT2D eigenvalue weighted by molar-refractivity contribution is 5.85. The SMILES string of the molecule is CCc1nccn1-c1ncnc2c1c(C)nn2C. The van der Waals surface area contributed by atoms with Crippen LogP contribution < -0.4 is 0 Å². The molecule has 0 fully saturated rings. The maximum atomic E-state index is 4.40. The van der Waals surface area contributed by atoms with Gasteiger partial charge in [0.25, 0.3) is 0 Å². The molecule has 0 N–H and O–H groups in total. The Labute approximate surface area is 104 Å². The van der Waals surface area contributed by atoms with E-state index in [1.807, 2.05) is 24.7 Å². The Kier molecular flexibility index (Phi) is 2.36. The molecule has 0 atom stereocenters. The first kappa shape index (κ1) is 10.9. The molecule has 0 bridgehead atoms. The van der Waals surface area contributed by atoms with Crippen LogP contribution in [0, 0.1) is 6.92 Å². The summed E-state index contributed by atoms with van der Waals surface area (Å²) in [6.45, 7) is 4.05. The van der Waals surface area contributed by atoms with Gasteiger partial charge in [-0.1, -0.05) is 6.92 Å². The second-order valence-electron chi connectivity index (χ2n) is 4.17. The number of hydrogen-bond donors (Lipinski definition) is 0. The Bertz CT molecular complexity index is 709. The molecule has 3 rings (SSSR count). The summed E-state index contributed by atoms with van der Waals surface area (Å²) in [5, 5.41) is 5.38. The molecule has 0 aliphatic carbocycles. The molecule has 0 saturated carbocycles. The fraction of sp³-hybridized carbons (Fsp3) is 0.333. The molecule has 0 aromatic carbocycles. The Hall–Kier alpha value is -2.24. The highest BCUT2D eigenvalue weighted by Gasteiger charge is 2.15. The number of aromatic nitrogens is 6. The Morgan fingerprint density at radius 1 is 1.22 bits per heavy atom. The third-order valence-electron chi connectivity index (χ3n) is 3.04. The molecule has 6 heteroatoms. The van der Waals surface area contributed by atoms with Gasteiger partial charge in [0.15, 0.2) is 11.5 Å². The van der Waals surface area contributed by atoms with E-state index in [-0.39, 0.29) is 0 Å². The molecule has 0 aliphatic rings. The maximum absolute atomic E-state index is 4.40. The number of rotatable bonds is 2. The summed E-state index contributed by atoms with van der Waals surface area (Å²) in [5.74, 6) is 1.83. The van der Waals surface area contributed by atoms with Crippen molar-refractivity contribution in [3.63, 3.8) is 0 Å². The van der Waals surface area contributed by atoms with E-state index in [1.54, 1.807) is 17.2 Å². The zero-order chi connectivity index (χ0) is 12.7. The molecule has 3 heterocycles. The summed E-state index contributed by atoms with van der Waals surface area (Å²) in [6.07, 6.45) is 6.14. The highest BCUT2D eigenvalue weighted by atomic mass is 15.3. The van der Waals surface area contributed by atoms with Gasteiger partial charge >= 0.3 is 0 Å². The average molecular weight is 242 g/mol. The van der Waals surface area contributed by atoms with Gasteiger partial charge in [0, 0.05) is 25.9 Å². The minimum atomic E-state index is 0.841. The van der Waals surface area contributed by atoms with Crippen molar-refractivity contribution < 1.29 is 0 Å². The van der Waals surface area contributed by atoms with Crippen molar-refractivity contribution in [1.29, 1.82) is 0 Å². The topological polar surface area (TPSA) is 61.4 Å². The summed E-state index contributed by atoms with van der Waals surface area (Å²) in [4.78, 5) is 13.0. The van der Waals surface area contributed by atoms with Crippen LogP contribution in [0.25, 0.3) is 16.9 Å². The minimum absolute atomic E-state index is 0.841. The fourth-order valence-corrected chi connectivity index (χ4v) is 2.23. The largest absolute Gasteiger partial charge is 0.287 e. The Morgan fingerprint density at radius 3 is 2.83 bits per heavy atom. The number of nitrogens with zero attached hydrogens (tertiary/aromatic N) is 6. The van der Waals surface area contributed by atoms with Gasteiger partial charge in [-0.3, -0.25) is 9.25 Å². The van der Waals surface area contributed by atoms with Gasteiger partial charge in [0.1, 0.15) is 12.2 Å². The van der Waals surface area contributed by atoms with E-state index in [2.05, 4.69) is 27.0 Å². The van der Waals surface area contributed by atoms with Crippen molar-refractivity contribution in [2.24, 2.45) is 7.05 Å². The molecular formula is C12H14N6. The van der Waals surface area contributed by atoms with Crippen LogP contribution >= 0.6 is 0 Å². The quantitative estimate of drug-likeness (QED) is 0.682. The first-order chi connectivity index (χ1) is 8.72. The van der Waals surface area contributed by atoms with Gasteiger partial charge in [-0.05, 0) is 6.92 Å². The van der Waals surface area contributed by atoms with E-state index in [0.29, 0.717) is 0 Å². The first-order valence-corrected chi connectivity index (χ1v) is 5.89. The lowest BCUT2D eigenvalue weighted by atomic mass is 10.3. The number of aryl methyl sites for hydroxylation is 3. The molecule has 6 nitrogen and oxygen atoms in total. The molecule has 3 aromatic rings. The number of fused-ring (bicyclic) bond motifs is 1. The standard InChI is InChI=1S/C12H14N6/c1-4-9-13-5-6-18(9)12-10-8(2)16-17(3)11(10)14-7-15-12/h5-7H,4H2,1-3H3. The average Bonchev–Trinajstić information content (AvgIpc) is 2.95. The van der Waals surface area contributed by atoms with Crippen LogP contribution in [0.3, 0.4) is 0 Å². The summed E-state index contributed by atoms with van der Waals surface area (Å²) in [6, 6.07) is 0. The zero-order valence-electron chi connectivity index (χ0n) is 10.6. The molecule has 0 radical (unpaired) electrons. The molecule has 3 aromatic heterocycles. The molecule has 0 saturated heterocycles.